The maximum absolute atomic E-state index is 12.9. The molecule has 0 aliphatic carbocycles. The number of halogens is 2. The monoisotopic (exact) mass is 425 g/mol. The van der Waals surface area contributed by atoms with Crippen LogP contribution in [-0.2, 0) is 9.59 Å². The maximum Gasteiger partial charge on any atom is 0.282 e. The summed E-state index contributed by atoms with van der Waals surface area (Å²) in [6, 6.07) is 16.2. The molecule has 0 radical (unpaired) electrons. The lowest BCUT2D eigenvalue weighted by atomic mass is 10.1. The van der Waals surface area contributed by atoms with E-state index < -0.39 is 11.8 Å². The summed E-state index contributed by atoms with van der Waals surface area (Å²) in [5.74, 6) is -0.875. The number of benzene rings is 2. The normalized spacial score (nSPS) is 15.3. The number of hydrogen-bond donors (Lipinski definition) is 1. The number of nitrogens with one attached hydrogen (secondary N) is 1. The number of aromatic nitrogens is 1. The number of carbonyl (C=O) groups excluding carboxylic acids is 2. The van der Waals surface area contributed by atoms with Gasteiger partial charge in [-0.1, -0.05) is 29.3 Å². The van der Waals surface area contributed by atoms with Crippen molar-refractivity contribution in [2.75, 3.05) is 5.01 Å². The van der Waals surface area contributed by atoms with Gasteiger partial charge in [0.2, 0.25) is 0 Å². The molecule has 2 amide bonds. The van der Waals surface area contributed by atoms with Gasteiger partial charge < -0.3 is 4.57 Å². The number of anilines is 1. The quantitative estimate of drug-likeness (QED) is 0.480. The first kappa shape index (κ1) is 19.3. The number of aryl methyl sites for hydroxylation is 1. The van der Waals surface area contributed by atoms with Gasteiger partial charge >= 0.3 is 0 Å². The van der Waals surface area contributed by atoms with Crippen LogP contribution in [0.5, 0.6) is 0 Å². The Balaban J connectivity index is 1.71. The molecule has 0 unspecified atom stereocenters. The molecule has 1 aliphatic rings. The summed E-state index contributed by atoms with van der Waals surface area (Å²) in [4.78, 5) is 25.3. The number of rotatable bonds is 3. The van der Waals surface area contributed by atoms with E-state index in [-0.39, 0.29) is 5.57 Å². The van der Waals surface area contributed by atoms with E-state index in [1.807, 2.05) is 44.2 Å². The fourth-order valence-electron chi connectivity index (χ4n) is 3.43. The first-order valence-corrected chi connectivity index (χ1v) is 9.68. The summed E-state index contributed by atoms with van der Waals surface area (Å²) < 4.78 is 2.05. The van der Waals surface area contributed by atoms with Gasteiger partial charge in [0.15, 0.2) is 0 Å². The van der Waals surface area contributed by atoms with Crippen molar-refractivity contribution in [3.8, 4) is 5.69 Å². The zero-order valence-electron chi connectivity index (χ0n) is 15.7. The highest BCUT2D eigenvalue weighted by atomic mass is 35.5. The smallest absolute Gasteiger partial charge is 0.282 e. The molecule has 5 nitrogen and oxygen atoms in total. The van der Waals surface area contributed by atoms with E-state index in [9.17, 15) is 9.59 Å². The van der Waals surface area contributed by atoms with Gasteiger partial charge in [-0.15, -0.1) is 0 Å². The lowest BCUT2D eigenvalue weighted by Gasteiger charge is -2.14. The van der Waals surface area contributed by atoms with Crippen molar-refractivity contribution in [1.82, 2.24) is 9.99 Å². The Hall–Kier alpha value is -3.02. The molecule has 2 heterocycles. The molecule has 0 spiro atoms. The molecule has 1 saturated heterocycles. The van der Waals surface area contributed by atoms with E-state index in [4.69, 9.17) is 23.2 Å². The van der Waals surface area contributed by atoms with Crippen LogP contribution in [0, 0.1) is 13.8 Å². The van der Waals surface area contributed by atoms with Gasteiger partial charge in [-0.3, -0.25) is 15.0 Å². The number of hydrazine groups is 1. The topological polar surface area (TPSA) is 54.3 Å². The zero-order chi connectivity index (χ0) is 20.7. The summed E-state index contributed by atoms with van der Waals surface area (Å²) in [6.45, 7) is 3.92. The molecule has 2 aromatic carbocycles. The van der Waals surface area contributed by atoms with Crippen LogP contribution in [0.25, 0.3) is 11.8 Å². The highest BCUT2D eigenvalue weighted by Gasteiger charge is 2.34. The van der Waals surface area contributed by atoms with Crippen molar-refractivity contribution < 1.29 is 9.59 Å². The third-order valence-corrected chi connectivity index (χ3v) is 5.30. The van der Waals surface area contributed by atoms with Crippen molar-refractivity contribution in [3.63, 3.8) is 0 Å². The van der Waals surface area contributed by atoms with Gasteiger partial charge in [0.1, 0.15) is 5.57 Å². The van der Waals surface area contributed by atoms with Gasteiger partial charge in [-0.2, -0.15) is 0 Å². The molecule has 1 aliphatic heterocycles. The Morgan fingerprint density at radius 1 is 0.897 bits per heavy atom. The molecule has 1 fully saturated rings. The molecule has 1 N–H and O–H groups in total. The van der Waals surface area contributed by atoms with Gasteiger partial charge in [0.25, 0.3) is 11.8 Å². The van der Waals surface area contributed by atoms with Crippen LogP contribution >= 0.6 is 23.2 Å². The van der Waals surface area contributed by atoms with Crippen LogP contribution in [0.2, 0.25) is 10.0 Å². The maximum atomic E-state index is 12.9. The van der Waals surface area contributed by atoms with E-state index in [1.165, 1.54) is 5.01 Å². The third kappa shape index (κ3) is 3.55. The molecule has 0 saturated carbocycles. The summed E-state index contributed by atoms with van der Waals surface area (Å²) in [6.07, 6.45) is 1.62. The first-order chi connectivity index (χ1) is 13.8. The van der Waals surface area contributed by atoms with Gasteiger partial charge in [0, 0.05) is 27.1 Å². The van der Waals surface area contributed by atoms with Gasteiger partial charge in [-0.25, -0.2) is 5.01 Å². The van der Waals surface area contributed by atoms with E-state index >= 15 is 0 Å². The average molecular weight is 426 g/mol. The average Bonchev–Trinajstić information content (AvgIpc) is 3.13. The van der Waals surface area contributed by atoms with Crippen LogP contribution in [0.15, 0.2) is 60.2 Å². The molecule has 1 aromatic heterocycles. The van der Waals surface area contributed by atoms with Crippen molar-refractivity contribution in [2.45, 2.75) is 13.8 Å². The Kier molecular flexibility index (Phi) is 4.94. The van der Waals surface area contributed by atoms with E-state index in [1.54, 1.807) is 30.3 Å². The minimum atomic E-state index is -0.453. The molecular weight excluding hydrogens is 409 g/mol. The summed E-state index contributed by atoms with van der Waals surface area (Å²) in [5.41, 5.74) is 6.82. The minimum absolute atomic E-state index is 0.0707. The molecule has 29 heavy (non-hydrogen) atoms. The van der Waals surface area contributed by atoms with E-state index in [0.717, 1.165) is 22.6 Å². The molecule has 3 aromatic rings. The molecule has 4 rings (SSSR count). The lowest BCUT2D eigenvalue weighted by molar-refractivity contribution is -0.117. The summed E-state index contributed by atoms with van der Waals surface area (Å²) >= 11 is 12.0. The Morgan fingerprint density at radius 3 is 2.31 bits per heavy atom. The van der Waals surface area contributed by atoms with Crippen LogP contribution in [0.3, 0.4) is 0 Å². The number of amides is 2. The minimum Gasteiger partial charge on any atom is -0.318 e. The van der Waals surface area contributed by atoms with Crippen LogP contribution < -0.4 is 10.4 Å². The van der Waals surface area contributed by atoms with Crippen LogP contribution in [-0.4, -0.2) is 16.4 Å². The second-order valence-electron chi connectivity index (χ2n) is 6.76. The largest absolute Gasteiger partial charge is 0.318 e. The Morgan fingerprint density at radius 2 is 1.62 bits per heavy atom. The van der Waals surface area contributed by atoms with Crippen LogP contribution in [0.1, 0.15) is 17.0 Å². The highest BCUT2D eigenvalue weighted by molar-refractivity contribution is 6.33. The predicted octanol–water partition coefficient (Wildman–Crippen LogP) is 4.86. The summed E-state index contributed by atoms with van der Waals surface area (Å²) in [7, 11) is 0. The fourth-order valence-corrected chi connectivity index (χ4v) is 3.74. The first-order valence-electron chi connectivity index (χ1n) is 8.93. The number of nitrogens with zero attached hydrogens (tertiary/aromatic N) is 2. The molecule has 7 heteroatoms. The number of carbonyl (C=O) groups is 2. The van der Waals surface area contributed by atoms with E-state index in [2.05, 4.69) is 9.99 Å². The SMILES string of the molecule is Cc1cc(/C=C2/C(=O)NN(c3cccc(Cl)c3)C2=O)c(C)n1-c1ccc(Cl)cc1. The zero-order valence-corrected chi connectivity index (χ0v) is 17.3. The molecule has 0 bridgehead atoms. The van der Waals surface area contributed by atoms with Crippen molar-refractivity contribution in [1.29, 1.82) is 0 Å². The van der Waals surface area contributed by atoms with Crippen LogP contribution in [0.4, 0.5) is 5.69 Å². The second kappa shape index (κ2) is 7.43. The Bertz CT molecular complexity index is 1160. The van der Waals surface area contributed by atoms with Gasteiger partial charge in [-0.05, 0) is 74.0 Å². The fraction of sp³-hybridized carbons (Fsp3) is 0.0909. The highest BCUT2D eigenvalue weighted by Crippen LogP contribution is 2.27. The van der Waals surface area contributed by atoms with Crippen molar-refractivity contribution in [3.05, 3.63) is 87.2 Å². The second-order valence-corrected chi connectivity index (χ2v) is 7.63. The molecular formula is C22H17Cl2N3O2. The third-order valence-electron chi connectivity index (χ3n) is 4.81. The van der Waals surface area contributed by atoms with Crippen molar-refractivity contribution >= 4 is 46.8 Å². The summed E-state index contributed by atoms with van der Waals surface area (Å²) in [5, 5.41) is 2.35. The predicted molar refractivity (Wildman–Crippen MR) is 115 cm³/mol. The molecule has 0 atom stereocenters. The standard InChI is InChI=1S/C22H17Cl2N3O2/c1-13-10-15(14(2)26(13)18-8-6-16(23)7-9-18)11-20-21(28)25-27(22(20)29)19-5-3-4-17(24)12-19/h3-12H,1-2H3,(H,25,28)/b20-11-. The van der Waals surface area contributed by atoms with Crippen molar-refractivity contribution in [2.24, 2.45) is 0 Å². The Labute approximate surface area is 178 Å². The van der Waals surface area contributed by atoms with E-state index in [0.29, 0.717) is 15.7 Å². The number of hydrogen-bond acceptors (Lipinski definition) is 2. The van der Waals surface area contributed by atoms with Gasteiger partial charge in [0.05, 0.1) is 5.69 Å². The molecule has 146 valence electrons. The lowest BCUT2D eigenvalue weighted by Crippen LogP contribution is -2.35.